The van der Waals surface area contributed by atoms with Crippen LogP contribution in [-0.2, 0) is 12.4 Å². The van der Waals surface area contributed by atoms with Crippen LogP contribution in [0.4, 0.5) is 35.1 Å². The molecule has 0 saturated carbocycles. The summed E-state index contributed by atoms with van der Waals surface area (Å²) in [4.78, 5) is 4.00. The number of halogens is 8. The van der Waals surface area contributed by atoms with E-state index in [1.807, 2.05) is 6.07 Å². The van der Waals surface area contributed by atoms with Crippen LogP contribution in [0.1, 0.15) is 11.1 Å². The first-order valence-electron chi connectivity index (χ1n) is 13.5. The maximum Gasteiger partial charge on any atom is 0.419 e. The summed E-state index contributed by atoms with van der Waals surface area (Å²) in [6.45, 7) is 0. The van der Waals surface area contributed by atoms with Crippen LogP contribution in [0.5, 0.6) is 0 Å². The molecule has 0 saturated heterocycles. The van der Waals surface area contributed by atoms with Crippen molar-refractivity contribution < 1.29 is 35.1 Å². The van der Waals surface area contributed by atoms with E-state index in [2.05, 4.69) is 4.99 Å². The molecule has 46 heavy (non-hydrogen) atoms. The second kappa shape index (κ2) is 9.94. The molecule has 7 aromatic rings. The van der Waals surface area contributed by atoms with E-state index in [4.69, 9.17) is 5.41 Å². The van der Waals surface area contributed by atoms with Gasteiger partial charge in [-0.2, -0.15) is 36.6 Å². The quantitative estimate of drug-likeness (QED) is 0.150. The van der Waals surface area contributed by atoms with Crippen LogP contribution in [0.15, 0.2) is 89.9 Å². The van der Waals surface area contributed by atoms with Gasteiger partial charge in [-0.1, -0.05) is 36.4 Å². The maximum atomic E-state index is 14.3. The Morgan fingerprint density at radius 2 is 0.891 bits per heavy atom. The van der Waals surface area contributed by atoms with Gasteiger partial charge < -0.3 is 0 Å². The van der Waals surface area contributed by atoms with Gasteiger partial charge in [0.05, 0.1) is 21.8 Å². The minimum absolute atomic E-state index is 0.107. The number of fused-ring (bicyclic) bond motifs is 6. The summed E-state index contributed by atoms with van der Waals surface area (Å²) in [6, 6.07) is 18.7. The molecule has 0 bridgehead atoms. The summed E-state index contributed by atoms with van der Waals surface area (Å²) in [5, 5.41) is 23.5. The zero-order chi connectivity index (χ0) is 32.7. The number of nitriles is 1. The van der Waals surface area contributed by atoms with E-state index in [1.54, 1.807) is 48.7 Å². The Morgan fingerprint density at radius 1 is 0.500 bits per heavy atom. The molecule has 0 amide bonds. The molecule has 0 atom stereocenters. The molecular formula is C35H15F8N3. The smallest absolute Gasteiger partial charge is 0.300 e. The predicted octanol–water partition coefficient (Wildman–Crippen LogP) is 9.69. The molecule has 7 rings (SSSR count). The first-order valence-corrected chi connectivity index (χ1v) is 13.5. The van der Waals surface area contributed by atoms with Gasteiger partial charge in [-0.25, -0.2) is 8.78 Å². The molecule has 0 heterocycles. The molecular weight excluding hydrogens is 614 g/mol. The van der Waals surface area contributed by atoms with Crippen molar-refractivity contribution in [2.75, 3.05) is 0 Å². The molecule has 0 radical (unpaired) electrons. The van der Waals surface area contributed by atoms with Crippen molar-refractivity contribution in [1.82, 2.24) is 0 Å². The minimum atomic E-state index is -4.84. The average Bonchev–Trinajstić information content (AvgIpc) is 3.45. The van der Waals surface area contributed by atoms with Crippen molar-refractivity contribution in [3.63, 3.8) is 0 Å². The Kier molecular flexibility index (Phi) is 6.29. The number of alkyl halides is 6. The Morgan fingerprint density at radius 3 is 1.39 bits per heavy atom. The summed E-state index contributed by atoms with van der Waals surface area (Å²) < 4.78 is 107. The lowest BCUT2D eigenvalue weighted by atomic mass is 10.00. The van der Waals surface area contributed by atoms with Crippen molar-refractivity contribution in [3.05, 3.63) is 118 Å². The Bertz CT molecular complexity index is 2560. The van der Waals surface area contributed by atoms with Gasteiger partial charge in [-0.05, 0) is 92.3 Å². The van der Waals surface area contributed by atoms with Crippen molar-refractivity contribution in [3.8, 4) is 28.4 Å². The van der Waals surface area contributed by atoms with Gasteiger partial charge in [0, 0.05) is 21.5 Å². The first kappa shape index (κ1) is 29.1. The summed E-state index contributed by atoms with van der Waals surface area (Å²) in [6.07, 6.45) is -7.91. The van der Waals surface area contributed by atoms with Crippen LogP contribution in [0.3, 0.4) is 0 Å². The Balaban J connectivity index is 1.40. The van der Waals surface area contributed by atoms with E-state index in [1.165, 1.54) is 6.07 Å². The van der Waals surface area contributed by atoms with E-state index < -0.39 is 35.1 Å². The van der Waals surface area contributed by atoms with Gasteiger partial charge in [0.1, 0.15) is 11.6 Å². The molecule has 0 aromatic heterocycles. The van der Waals surface area contributed by atoms with Gasteiger partial charge >= 0.3 is 12.4 Å². The highest BCUT2D eigenvalue weighted by atomic mass is 19.4. The van der Waals surface area contributed by atoms with E-state index >= 15 is 0 Å². The fraction of sp³-hybridized carbons (Fsp3) is 0.0571. The van der Waals surface area contributed by atoms with Gasteiger partial charge in [0.15, 0.2) is 0 Å². The van der Waals surface area contributed by atoms with Crippen molar-refractivity contribution in [2.45, 2.75) is 12.4 Å². The standard InChI is InChI=1S/C35H15F8N3/c36-30-11-18(3-7-28(30)34(38,39)40)16-1-5-20-22-13-23-21-6-2-17(19-4-8-29(31(37)12-19)35(41,42)43)10-26(21)33(46-15-44)27(23)14-25(22)32(45)24(20)9-16/h1-14,45H. The number of nitrogens with one attached hydrogen (secondary N) is 1. The predicted molar refractivity (Wildman–Crippen MR) is 157 cm³/mol. The molecule has 7 aromatic carbocycles. The third kappa shape index (κ3) is 4.48. The highest BCUT2D eigenvalue weighted by Crippen LogP contribution is 2.38. The fourth-order valence-electron chi connectivity index (χ4n) is 6.08. The van der Waals surface area contributed by atoms with Crippen LogP contribution in [0.2, 0.25) is 0 Å². The molecule has 0 aliphatic carbocycles. The second-order valence-corrected chi connectivity index (χ2v) is 10.8. The van der Waals surface area contributed by atoms with Gasteiger partial charge in [-0.3, -0.25) is 5.41 Å². The lowest BCUT2D eigenvalue weighted by molar-refractivity contribution is -0.140. The average molecular weight is 630 g/mol. The van der Waals surface area contributed by atoms with E-state index in [0.717, 1.165) is 18.2 Å². The number of benzene rings is 5. The summed E-state index contributed by atoms with van der Waals surface area (Å²) in [7, 11) is 0. The first-order chi connectivity index (χ1) is 21.8. The minimum Gasteiger partial charge on any atom is -0.300 e. The number of rotatable bonds is 2. The Labute approximate surface area is 253 Å². The van der Waals surface area contributed by atoms with Gasteiger partial charge in [0.25, 0.3) is 0 Å². The highest BCUT2D eigenvalue weighted by Gasteiger charge is 2.35. The molecule has 0 unspecified atom stereocenters. The molecule has 0 aliphatic heterocycles. The zero-order valence-corrected chi connectivity index (χ0v) is 23.0. The van der Waals surface area contributed by atoms with Crippen LogP contribution >= 0.6 is 0 Å². The number of hydrogen-bond donors (Lipinski definition) is 1. The third-order valence-corrected chi connectivity index (χ3v) is 8.20. The molecule has 0 aliphatic rings. The topological polar surface area (TPSA) is 60.0 Å². The second-order valence-electron chi connectivity index (χ2n) is 10.8. The largest absolute Gasteiger partial charge is 0.419 e. The fourth-order valence-corrected chi connectivity index (χ4v) is 6.08. The molecule has 1 N–H and O–H groups in total. The van der Waals surface area contributed by atoms with Crippen LogP contribution in [0.25, 0.3) is 65.3 Å². The van der Waals surface area contributed by atoms with E-state index in [9.17, 15) is 40.4 Å². The van der Waals surface area contributed by atoms with Crippen molar-refractivity contribution in [1.29, 1.82) is 10.7 Å². The highest BCUT2D eigenvalue weighted by molar-refractivity contribution is 6.21. The van der Waals surface area contributed by atoms with Crippen LogP contribution < -0.4 is 10.7 Å². The maximum absolute atomic E-state index is 14.3. The monoisotopic (exact) mass is 629 g/mol. The molecule has 0 fully saturated rings. The SMILES string of the molecule is N#CN=c1c2cc(-c3ccc(C(F)(F)F)c(F)c3)ccc2c2cc3c(cc12)c(=N)c1cc(-c2ccc(C(F)(F)F)c(F)c2)ccc13. The normalized spacial score (nSPS) is 13.0. The third-order valence-electron chi connectivity index (χ3n) is 8.20. The van der Waals surface area contributed by atoms with Crippen LogP contribution in [-0.4, -0.2) is 0 Å². The van der Waals surface area contributed by atoms with E-state index in [-0.39, 0.29) is 21.8 Å². The molecule has 3 nitrogen and oxygen atoms in total. The summed E-state index contributed by atoms with van der Waals surface area (Å²) in [5.74, 6) is -2.82. The van der Waals surface area contributed by atoms with E-state index in [0.29, 0.717) is 66.3 Å². The van der Waals surface area contributed by atoms with Gasteiger partial charge in [0.2, 0.25) is 6.19 Å². The lowest BCUT2D eigenvalue weighted by Gasteiger charge is -2.10. The van der Waals surface area contributed by atoms with Crippen molar-refractivity contribution >= 4 is 43.1 Å². The zero-order valence-electron chi connectivity index (χ0n) is 23.0. The Hall–Kier alpha value is -5.63. The van der Waals surface area contributed by atoms with Gasteiger partial charge in [-0.15, -0.1) is 0 Å². The van der Waals surface area contributed by atoms with Crippen molar-refractivity contribution in [2.24, 2.45) is 4.99 Å². The lowest BCUT2D eigenvalue weighted by Crippen LogP contribution is -2.07. The summed E-state index contributed by atoms with van der Waals surface area (Å²) >= 11 is 0. The molecule has 226 valence electrons. The molecule has 0 spiro atoms. The summed E-state index contributed by atoms with van der Waals surface area (Å²) in [5.41, 5.74) is -1.53. The number of nitrogens with zero attached hydrogens (tertiary/aromatic N) is 2. The molecule has 11 heteroatoms. The number of hydrogen-bond acceptors (Lipinski definition) is 3. The van der Waals surface area contributed by atoms with Crippen LogP contribution in [0, 0.1) is 28.5 Å².